The molecule has 0 N–H and O–H groups in total. The predicted molar refractivity (Wildman–Crippen MR) is 112 cm³/mol. The smallest absolute Gasteiger partial charge is 0.207 e. The molecule has 3 aromatic rings. The minimum Gasteiger partial charge on any atom is -0.207 e. The van der Waals surface area contributed by atoms with Crippen molar-refractivity contribution in [3.63, 3.8) is 0 Å². The minimum absolute atomic E-state index is 0.104. The van der Waals surface area contributed by atoms with Gasteiger partial charge in [-0.15, -0.1) is 0 Å². The maximum absolute atomic E-state index is 14.7. The van der Waals surface area contributed by atoms with E-state index in [9.17, 15) is 35.1 Å². The zero-order chi connectivity index (χ0) is 25.0. The molecule has 0 saturated heterocycles. The van der Waals surface area contributed by atoms with E-state index in [1.165, 1.54) is 12.0 Å². The highest BCUT2D eigenvalue weighted by Gasteiger charge is 2.24. The van der Waals surface area contributed by atoms with Crippen LogP contribution in [0.2, 0.25) is 0 Å². The van der Waals surface area contributed by atoms with Gasteiger partial charge in [0.2, 0.25) is 0 Å². The fourth-order valence-corrected chi connectivity index (χ4v) is 3.53. The molecule has 0 atom stereocenters. The molecule has 0 bridgehead atoms. The van der Waals surface area contributed by atoms with Crippen LogP contribution in [0.5, 0.6) is 0 Å². The molecule has 0 aliphatic carbocycles. The third-order valence-corrected chi connectivity index (χ3v) is 5.10. The Bertz CT molecular complexity index is 1220. The first-order valence-electron chi connectivity index (χ1n) is 10.3. The summed E-state index contributed by atoms with van der Waals surface area (Å²) in [5, 5.41) is 0. The van der Waals surface area contributed by atoms with E-state index >= 15 is 0 Å². The van der Waals surface area contributed by atoms with Gasteiger partial charge in [0.1, 0.15) is 29.1 Å². The molecule has 0 aromatic heterocycles. The second-order valence-electron chi connectivity index (χ2n) is 7.67. The minimum atomic E-state index is -4.97. The van der Waals surface area contributed by atoms with Crippen LogP contribution in [0.3, 0.4) is 0 Å². The summed E-state index contributed by atoms with van der Waals surface area (Å²) in [6.45, 7) is 1.97. The van der Waals surface area contributed by atoms with Crippen LogP contribution in [0, 0.1) is 40.9 Å². The Hall–Kier alpha value is -3.34. The van der Waals surface area contributed by atoms with E-state index < -0.39 is 52.0 Å². The molecule has 0 fully saturated rings. The summed E-state index contributed by atoms with van der Waals surface area (Å²) in [6, 6.07) is 7.79. The second-order valence-corrected chi connectivity index (χ2v) is 7.67. The van der Waals surface area contributed by atoms with Gasteiger partial charge >= 0.3 is 6.18 Å². The maximum Gasteiger partial charge on any atom is 0.458 e. The molecule has 178 valence electrons. The molecular formula is C26H18F8. The Morgan fingerprint density at radius 3 is 1.79 bits per heavy atom. The molecule has 0 radical (unpaired) electrons. The van der Waals surface area contributed by atoms with Crippen molar-refractivity contribution in [2.75, 3.05) is 0 Å². The first-order valence-corrected chi connectivity index (χ1v) is 10.3. The molecule has 34 heavy (non-hydrogen) atoms. The molecule has 0 spiro atoms. The van der Waals surface area contributed by atoms with Crippen molar-refractivity contribution in [3.05, 3.63) is 93.8 Å². The molecule has 8 heteroatoms. The Labute approximate surface area is 191 Å². The van der Waals surface area contributed by atoms with Crippen LogP contribution in [-0.2, 0) is 19.3 Å². The van der Waals surface area contributed by atoms with Gasteiger partial charge in [0.15, 0.2) is 0 Å². The van der Waals surface area contributed by atoms with Crippen LogP contribution in [0.15, 0.2) is 42.5 Å². The van der Waals surface area contributed by atoms with Gasteiger partial charge in [0.25, 0.3) is 0 Å². The first kappa shape index (κ1) is 25.3. The summed E-state index contributed by atoms with van der Waals surface area (Å²) >= 11 is 0. The summed E-state index contributed by atoms with van der Waals surface area (Å²) in [5.41, 5.74) is -1.02. The van der Waals surface area contributed by atoms with E-state index in [1.54, 1.807) is 12.1 Å². The first-order chi connectivity index (χ1) is 16.0. The summed E-state index contributed by atoms with van der Waals surface area (Å²) in [4.78, 5) is 0. The molecule has 0 aliphatic heterocycles. The van der Waals surface area contributed by atoms with Crippen LogP contribution < -0.4 is 0 Å². The normalized spacial score (nSPS) is 11.3. The summed E-state index contributed by atoms with van der Waals surface area (Å²) in [5.74, 6) is -3.55. The molecular weight excluding hydrogens is 464 g/mol. The van der Waals surface area contributed by atoms with Crippen LogP contribution in [0.25, 0.3) is 11.1 Å². The van der Waals surface area contributed by atoms with Gasteiger partial charge in [-0.3, -0.25) is 0 Å². The average Bonchev–Trinajstić information content (AvgIpc) is 2.71. The summed E-state index contributed by atoms with van der Waals surface area (Å²) < 4.78 is 108. The molecule has 3 aromatic carbocycles. The number of alkyl halides is 3. The molecule has 0 heterocycles. The van der Waals surface area contributed by atoms with Crippen LogP contribution in [-0.4, -0.2) is 6.18 Å². The van der Waals surface area contributed by atoms with E-state index in [-0.39, 0.29) is 18.4 Å². The molecule has 0 saturated carbocycles. The zero-order valence-electron chi connectivity index (χ0n) is 17.9. The lowest BCUT2D eigenvalue weighted by Gasteiger charge is -2.11. The third kappa shape index (κ3) is 6.16. The highest BCUT2D eigenvalue weighted by atomic mass is 19.4. The van der Waals surface area contributed by atoms with Crippen molar-refractivity contribution in [2.24, 2.45) is 0 Å². The number of benzene rings is 3. The van der Waals surface area contributed by atoms with Gasteiger partial charge in [-0.05, 0) is 71.8 Å². The number of rotatable bonds is 6. The van der Waals surface area contributed by atoms with Crippen LogP contribution >= 0.6 is 0 Å². The predicted octanol–water partition coefficient (Wildman–Crippen LogP) is 7.70. The topological polar surface area (TPSA) is 0 Å². The Morgan fingerprint density at radius 1 is 0.676 bits per heavy atom. The number of hydrogen-bond donors (Lipinski definition) is 0. The maximum atomic E-state index is 14.7. The number of halogens is 8. The lowest BCUT2D eigenvalue weighted by atomic mass is 9.97. The highest BCUT2D eigenvalue weighted by Crippen LogP contribution is 2.30. The number of aryl methyl sites for hydroxylation is 3. The Balaban J connectivity index is 1.85. The SMILES string of the molecule is CCCc1ccc(CCc2cc(F)c(-c3cc(F)c(C#CC(F)(F)F)c(F)c3)c(F)c2)c(F)c1. The van der Waals surface area contributed by atoms with E-state index in [0.29, 0.717) is 17.7 Å². The van der Waals surface area contributed by atoms with Gasteiger partial charge in [0, 0.05) is 5.92 Å². The lowest BCUT2D eigenvalue weighted by Crippen LogP contribution is -2.03. The van der Waals surface area contributed by atoms with Gasteiger partial charge < -0.3 is 0 Å². The average molecular weight is 482 g/mol. The van der Waals surface area contributed by atoms with Crippen molar-refractivity contribution in [2.45, 2.75) is 38.8 Å². The number of hydrogen-bond acceptors (Lipinski definition) is 0. The summed E-state index contributed by atoms with van der Waals surface area (Å²) in [7, 11) is 0. The molecule has 0 unspecified atom stereocenters. The van der Waals surface area contributed by atoms with E-state index in [0.717, 1.165) is 36.5 Å². The van der Waals surface area contributed by atoms with Crippen LogP contribution in [0.4, 0.5) is 35.1 Å². The second kappa shape index (κ2) is 10.3. The standard InChI is InChI=1S/C26H18F8/c1-2-3-15-4-6-17(20(27)10-15)7-5-16-11-23(30)25(24(31)12-16)18-13-21(28)19(22(29)14-18)8-9-26(32,33)34/h4,6,10-14H,2-3,5,7H2,1H3. The monoisotopic (exact) mass is 482 g/mol. The van der Waals surface area contributed by atoms with E-state index in [1.807, 2.05) is 6.92 Å². The fraction of sp³-hybridized carbons (Fsp3) is 0.231. The molecule has 0 aliphatic rings. The van der Waals surface area contributed by atoms with Crippen molar-refractivity contribution in [1.29, 1.82) is 0 Å². The van der Waals surface area contributed by atoms with Crippen LogP contribution in [0.1, 0.15) is 35.6 Å². The lowest BCUT2D eigenvalue weighted by molar-refractivity contribution is -0.0696. The van der Waals surface area contributed by atoms with Gasteiger partial charge in [-0.1, -0.05) is 31.4 Å². The molecule has 3 rings (SSSR count). The van der Waals surface area contributed by atoms with Crippen molar-refractivity contribution in [3.8, 4) is 23.0 Å². The quantitative estimate of drug-likeness (QED) is 0.250. The van der Waals surface area contributed by atoms with E-state index in [4.69, 9.17) is 0 Å². The largest absolute Gasteiger partial charge is 0.458 e. The molecule has 0 nitrogen and oxygen atoms in total. The molecule has 0 amide bonds. The Kier molecular flexibility index (Phi) is 7.65. The van der Waals surface area contributed by atoms with Gasteiger partial charge in [-0.25, -0.2) is 22.0 Å². The van der Waals surface area contributed by atoms with Crippen molar-refractivity contribution in [1.82, 2.24) is 0 Å². The fourth-order valence-electron chi connectivity index (χ4n) is 3.53. The summed E-state index contributed by atoms with van der Waals surface area (Å²) in [6.07, 6.45) is -3.10. The van der Waals surface area contributed by atoms with Crippen molar-refractivity contribution < 1.29 is 35.1 Å². The van der Waals surface area contributed by atoms with Gasteiger partial charge in [-0.2, -0.15) is 13.2 Å². The zero-order valence-corrected chi connectivity index (χ0v) is 17.9. The third-order valence-electron chi connectivity index (χ3n) is 5.10. The van der Waals surface area contributed by atoms with Crippen molar-refractivity contribution >= 4 is 0 Å². The Morgan fingerprint density at radius 2 is 1.26 bits per heavy atom. The van der Waals surface area contributed by atoms with Gasteiger partial charge in [0.05, 0.1) is 11.1 Å². The van der Waals surface area contributed by atoms with E-state index in [2.05, 4.69) is 0 Å². The highest BCUT2D eigenvalue weighted by molar-refractivity contribution is 5.67.